The predicted octanol–water partition coefficient (Wildman–Crippen LogP) is 2.64. The van der Waals surface area contributed by atoms with Gasteiger partial charge in [-0.25, -0.2) is 14.4 Å². The Morgan fingerprint density at radius 2 is 1.07 bits per heavy atom. The monoisotopic (exact) mass is 420 g/mol. The van der Waals surface area contributed by atoms with E-state index in [1.54, 1.807) is 0 Å². The molecular weight excluding hydrogens is 396 g/mol. The molecule has 0 aliphatic carbocycles. The Balaban J connectivity index is 2.96. The van der Waals surface area contributed by atoms with Crippen molar-refractivity contribution in [2.45, 2.75) is 0 Å². The number of ether oxygens (including phenoxy) is 6. The molecule has 0 aliphatic rings. The molecule has 0 fully saturated rings. The fourth-order valence-corrected chi connectivity index (χ4v) is 2.05. The molecule has 1 rings (SSSR count). The largest absolute Gasteiger partial charge is 0.498 e. The molecule has 0 saturated carbocycles. The first-order chi connectivity index (χ1) is 14.5. The second-order valence-electron chi connectivity index (χ2n) is 5.28. The van der Waals surface area contributed by atoms with Crippen molar-refractivity contribution in [1.29, 1.82) is 0 Å². The van der Waals surface area contributed by atoms with Gasteiger partial charge >= 0.3 is 17.9 Å². The van der Waals surface area contributed by atoms with E-state index in [0.29, 0.717) is 0 Å². The van der Waals surface area contributed by atoms with Crippen LogP contribution in [0.15, 0.2) is 56.7 Å². The molecule has 0 atom stereocenters. The van der Waals surface area contributed by atoms with Crippen molar-refractivity contribution in [1.82, 2.24) is 0 Å². The SMILES string of the molecule is C=COCCOC(=O)c1ccc(C(=O)OCCOC=C)c(C(=O)OCCOC=C)c1. The predicted molar refractivity (Wildman–Crippen MR) is 106 cm³/mol. The van der Waals surface area contributed by atoms with Crippen LogP contribution in [0.4, 0.5) is 0 Å². The fourth-order valence-electron chi connectivity index (χ4n) is 2.05. The third kappa shape index (κ3) is 8.51. The van der Waals surface area contributed by atoms with Crippen molar-refractivity contribution in [2.24, 2.45) is 0 Å². The van der Waals surface area contributed by atoms with Crippen LogP contribution in [0.25, 0.3) is 0 Å². The molecule has 0 bridgehead atoms. The van der Waals surface area contributed by atoms with Crippen LogP contribution in [-0.4, -0.2) is 57.5 Å². The first-order valence-corrected chi connectivity index (χ1v) is 8.88. The molecule has 0 radical (unpaired) electrons. The Bertz CT molecular complexity index is 755. The van der Waals surface area contributed by atoms with Crippen molar-refractivity contribution in [3.8, 4) is 0 Å². The molecule has 0 aromatic heterocycles. The van der Waals surface area contributed by atoms with Gasteiger partial charge in [-0.1, -0.05) is 19.7 Å². The van der Waals surface area contributed by atoms with E-state index in [0.717, 1.165) is 0 Å². The third-order valence-corrected chi connectivity index (χ3v) is 3.35. The summed E-state index contributed by atoms with van der Waals surface area (Å²) in [5, 5.41) is 0. The van der Waals surface area contributed by atoms with Gasteiger partial charge in [-0.05, 0) is 18.2 Å². The number of carbonyl (C=O) groups excluding carboxylic acids is 3. The van der Waals surface area contributed by atoms with Gasteiger partial charge in [0.05, 0.1) is 35.5 Å². The van der Waals surface area contributed by atoms with Gasteiger partial charge in [0.1, 0.15) is 39.6 Å². The molecular formula is C21H24O9. The zero-order chi connectivity index (χ0) is 22.2. The Morgan fingerprint density at radius 1 is 0.633 bits per heavy atom. The Morgan fingerprint density at radius 3 is 1.53 bits per heavy atom. The Kier molecular flexibility index (Phi) is 11.6. The van der Waals surface area contributed by atoms with Gasteiger partial charge in [-0.15, -0.1) is 0 Å². The van der Waals surface area contributed by atoms with Crippen molar-refractivity contribution in [3.63, 3.8) is 0 Å². The van der Waals surface area contributed by atoms with Gasteiger partial charge in [0, 0.05) is 0 Å². The van der Waals surface area contributed by atoms with Crippen molar-refractivity contribution in [2.75, 3.05) is 39.6 Å². The van der Waals surface area contributed by atoms with Crippen molar-refractivity contribution in [3.05, 3.63) is 73.4 Å². The second kappa shape index (κ2) is 14.3. The summed E-state index contributed by atoms with van der Waals surface area (Å²) in [7, 11) is 0. The number of rotatable bonds is 15. The average Bonchev–Trinajstić information content (AvgIpc) is 2.76. The maximum absolute atomic E-state index is 12.5. The quantitative estimate of drug-likeness (QED) is 0.183. The minimum Gasteiger partial charge on any atom is -0.498 e. The maximum Gasteiger partial charge on any atom is 0.339 e. The van der Waals surface area contributed by atoms with Crippen LogP contribution >= 0.6 is 0 Å². The van der Waals surface area contributed by atoms with E-state index >= 15 is 0 Å². The number of benzene rings is 1. The van der Waals surface area contributed by atoms with E-state index in [4.69, 9.17) is 28.4 Å². The van der Waals surface area contributed by atoms with E-state index in [-0.39, 0.29) is 56.3 Å². The lowest BCUT2D eigenvalue weighted by molar-refractivity contribution is 0.0374. The minimum absolute atomic E-state index is 0.0172. The van der Waals surface area contributed by atoms with Gasteiger partial charge in [0.2, 0.25) is 0 Å². The van der Waals surface area contributed by atoms with Crippen LogP contribution in [0, 0.1) is 0 Å². The van der Waals surface area contributed by atoms with Crippen molar-refractivity contribution >= 4 is 17.9 Å². The number of hydrogen-bond donors (Lipinski definition) is 0. The lowest BCUT2D eigenvalue weighted by Crippen LogP contribution is -2.18. The zero-order valence-electron chi connectivity index (χ0n) is 16.5. The molecule has 1 aromatic carbocycles. The summed E-state index contributed by atoms with van der Waals surface area (Å²) in [6.45, 7) is 10.3. The summed E-state index contributed by atoms with van der Waals surface area (Å²) < 4.78 is 29.8. The molecule has 30 heavy (non-hydrogen) atoms. The van der Waals surface area contributed by atoms with Gasteiger partial charge < -0.3 is 28.4 Å². The summed E-state index contributed by atoms with van der Waals surface area (Å²) in [6, 6.07) is 3.82. The van der Waals surface area contributed by atoms with E-state index in [1.165, 1.54) is 37.0 Å². The smallest absolute Gasteiger partial charge is 0.339 e. The standard InChI is InChI=1S/C21H24O9/c1-4-25-9-12-28-19(22)16-7-8-17(20(23)29-13-10-26-5-2)18(15-16)21(24)30-14-11-27-6-3/h4-8,15H,1-3,9-14H2. The van der Waals surface area contributed by atoms with Crippen LogP contribution < -0.4 is 0 Å². The number of hydrogen-bond acceptors (Lipinski definition) is 9. The molecule has 0 amide bonds. The first kappa shape index (κ1) is 24.3. The minimum atomic E-state index is -0.832. The van der Waals surface area contributed by atoms with Crippen LogP contribution in [0.5, 0.6) is 0 Å². The topological polar surface area (TPSA) is 107 Å². The van der Waals surface area contributed by atoms with Gasteiger partial charge in [0.15, 0.2) is 0 Å². The molecule has 162 valence electrons. The van der Waals surface area contributed by atoms with Crippen LogP contribution in [0.1, 0.15) is 31.1 Å². The van der Waals surface area contributed by atoms with E-state index in [9.17, 15) is 14.4 Å². The molecule has 0 N–H and O–H groups in total. The van der Waals surface area contributed by atoms with Gasteiger partial charge in [-0.3, -0.25) is 0 Å². The normalized spacial score (nSPS) is 9.60. The van der Waals surface area contributed by atoms with Gasteiger partial charge in [0.25, 0.3) is 0 Å². The first-order valence-electron chi connectivity index (χ1n) is 8.88. The molecule has 0 spiro atoms. The highest BCUT2D eigenvalue weighted by atomic mass is 16.6. The fraction of sp³-hybridized carbons (Fsp3) is 0.286. The molecule has 1 aromatic rings. The Hall–Kier alpha value is -3.75. The third-order valence-electron chi connectivity index (χ3n) is 3.35. The maximum atomic E-state index is 12.5. The second-order valence-corrected chi connectivity index (χ2v) is 5.28. The number of carbonyl (C=O) groups is 3. The zero-order valence-corrected chi connectivity index (χ0v) is 16.5. The van der Waals surface area contributed by atoms with E-state index in [2.05, 4.69) is 19.7 Å². The highest BCUT2D eigenvalue weighted by Crippen LogP contribution is 2.16. The lowest BCUT2D eigenvalue weighted by Gasteiger charge is -2.12. The average molecular weight is 420 g/mol. The van der Waals surface area contributed by atoms with Gasteiger partial charge in [-0.2, -0.15) is 0 Å². The van der Waals surface area contributed by atoms with E-state index in [1.807, 2.05) is 0 Å². The Labute approximate surface area is 174 Å². The summed E-state index contributed by atoms with van der Waals surface area (Å²) in [4.78, 5) is 37.0. The summed E-state index contributed by atoms with van der Waals surface area (Å²) >= 11 is 0. The lowest BCUT2D eigenvalue weighted by atomic mass is 10.0. The molecule has 9 heteroatoms. The van der Waals surface area contributed by atoms with Crippen LogP contribution in [0.2, 0.25) is 0 Å². The molecule has 0 unspecified atom stereocenters. The molecule has 0 saturated heterocycles. The number of esters is 3. The molecule has 9 nitrogen and oxygen atoms in total. The summed E-state index contributed by atoms with van der Waals surface area (Å²) in [5.41, 5.74) is -0.177. The van der Waals surface area contributed by atoms with Crippen molar-refractivity contribution < 1.29 is 42.8 Å². The van der Waals surface area contributed by atoms with Crippen LogP contribution in [0.3, 0.4) is 0 Å². The summed E-state index contributed by atoms with van der Waals surface area (Å²) in [5.74, 6) is -2.32. The molecule has 0 heterocycles. The van der Waals surface area contributed by atoms with Crippen LogP contribution in [-0.2, 0) is 28.4 Å². The van der Waals surface area contributed by atoms with E-state index < -0.39 is 17.9 Å². The molecule has 0 aliphatic heterocycles. The highest BCUT2D eigenvalue weighted by Gasteiger charge is 2.22. The highest BCUT2D eigenvalue weighted by molar-refractivity contribution is 6.05. The summed E-state index contributed by atoms with van der Waals surface area (Å²) in [6.07, 6.45) is 3.63.